The van der Waals surface area contributed by atoms with Crippen LogP contribution in [-0.2, 0) is 16.1 Å². The van der Waals surface area contributed by atoms with E-state index >= 15 is 0 Å². The van der Waals surface area contributed by atoms with Crippen molar-refractivity contribution in [1.82, 2.24) is 14.8 Å². The van der Waals surface area contributed by atoms with E-state index in [0.717, 1.165) is 5.56 Å². The monoisotopic (exact) mass is 567 g/mol. The molecule has 10 heteroatoms. The van der Waals surface area contributed by atoms with Crippen molar-refractivity contribution in [3.63, 3.8) is 0 Å². The zero-order chi connectivity index (χ0) is 29.6. The van der Waals surface area contributed by atoms with E-state index in [1.165, 1.54) is 11.1 Å². The number of hydrogen-bond acceptors (Lipinski definition) is 5. The first-order valence-corrected chi connectivity index (χ1v) is 13.9. The molecule has 0 bridgehead atoms. The number of piperazine rings is 1. The molecule has 1 aliphatic heterocycles. The molecule has 42 heavy (non-hydrogen) atoms. The maximum absolute atomic E-state index is 13.4. The first-order chi connectivity index (χ1) is 20.4. The maximum atomic E-state index is 13.4. The molecule has 4 amide bonds. The number of anilines is 2. The number of ketones is 1. The van der Waals surface area contributed by atoms with E-state index < -0.39 is 17.7 Å². The number of para-hydroxylation sites is 2. The van der Waals surface area contributed by atoms with Gasteiger partial charge in [-0.15, -0.1) is 0 Å². The molecule has 1 aliphatic rings. The van der Waals surface area contributed by atoms with E-state index in [1.807, 2.05) is 50.2 Å². The van der Waals surface area contributed by atoms with Crippen molar-refractivity contribution in [2.75, 3.05) is 36.9 Å². The highest BCUT2D eigenvalue weighted by molar-refractivity contribution is 6.45. The number of ether oxygens (including phenoxy) is 1. The van der Waals surface area contributed by atoms with Gasteiger partial charge in [0.15, 0.2) is 0 Å². The van der Waals surface area contributed by atoms with Crippen molar-refractivity contribution in [2.45, 2.75) is 26.5 Å². The van der Waals surface area contributed by atoms with Crippen molar-refractivity contribution in [2.24, 2.45) is 0 Å². The van der Waals surface area contributed by atoms with Crippen LogP contribution in [-0.4, -0.2) is 70.7 Å². The number of amides is 4. The minimum Gasteiger partial charge on any atom is -0.377 e. The van der Waals surface area contributed by atoms with Gasteiger partial charge in [0, 0.05) is 60.7 Å². The minimum atomic E-state index is -0.651. The lowest BCUT2D eigenvalue weighted by Gasteiger charge is -2.39. The largest absolute Gasteiger partial charge is 0.377 e. The zero-order valence-corrected chi connectivity index (χ0v) is 23.6. The Labute approximate surface area is 243 Å². The number of benzene rings is 3. The molecule has 10 nitrogen and oxygen atoms in total. The molecule has 216 valence electrons. The quantitative estimate of drug-likeness (QED) is 0.206. The number of carbonyl (C=O) groups is 4. The number of urea groups is 1. The Morgan fingerprint density at radius 2 is 1.62 bits per heavy atom. The maximum Gasteiger partial charge on any atom is 0.323 e. The Morgan fingerprint density at radius 3 is 2.38 bits per heavy atom. The van der Waals surface area contributed by atoms with Crippen LogP contribution in [0.2, 0.25) is 0 Å². The molecule has 1 fully saturated rings. The highest BCUT2D eigenvalue weighted by atomic mass is 16.5. The van der Waals surface area contributed by atoms with Gasteiger partial charge in [0.2, 0.25) is 0 Å². The fraction of sp³-hybridized carbons (Fsp3) is 0.250. The predicted molar refractivity (Wildman–Crippen MR) is 161 cm³/mol. The van der Waals surface area contributed by atoms with Gasteiger partial charge in [0.05, 0.1) is 23.4 Å². The topological polar surface area (TPSA) is 124 Å². The molecule has 4 aromatic rings. The lowest BCUT2D eigenvalue weighted by Crippen LogP contribution is -2.56. The summed E-state index contributed by atoms with van der Waals surface area (Å²) in [6.45, 7) is 5.58. The van der Waals surface area contributed by atoms with Gasteiger partial charge in [0.25, 0.3) is 17.6 Å². The lowest BCUT2D eigenvalue weighted by atomic mass is 10.1. The van der Waals surface area contributed by atoms with E-state index in [-0.39, 0.29) is 24.1 Å². The molecule has 2 heterocycles. The molecular formula is C32H33N5O5. The van der Waals surface area contributed by atoms with Crippen LogP contribution < -0.4 is 10.6 Å². The number of aromatic nitrogens is 1. The Hall–Kier alpha value is -4.96. The summed E-state index contributed by atoms with van der Waals surface area (Å²) in [7, 11) is 0. The number of Topliss-reactive ketones (excluding diaryl/α,β-unsaturated/α-hetero) is 1. The number of fused-ring (bicyclic) bond motifs is 1. The summed E-state index contributed by atoms with van der Waals surface area (Å²) in [5, 5.41) is 6.20. The van der Waals surface area contributed by atoms with E-state index in [2.05, 4.69) is 15.6 Å². The van der Waals surface area contributed by atoms with Crippen molar-refractivity contribution in [3.8, 4) is 0 Å². The van der Waals surface area contributed by atoms with Crippen LogP contribution in [0, 0.1) is 0 Å². The zero-order valence-electron chi connectivity index (χ0n) is 23.6. The lowest BCUT2D eigenvalue weighted by molar-refractivity contribution is -0.130. The number of aromatic amines is 1. The second-order valence-corrected chi connectivity index (χ2v) is 10.1. The average Bonchev–Trinajstić information content (AvgIpc) is 3.45. The highest BCUT2D eigenvalue weighted by Crippen LogP contribution is 2.27. The van der Waals surface area contributed by atoms with Crippen molar-refractivity contribution in [3.05, 3.63) is 95.7 Å². The van der Waals surface area contributed by atoms with Crippen LogP contribution in [0.25, 0.3) is 10.9 Å². The summed E-state index contributed by atoms with van der Waals surface area (Å²) in [5.41, 5.74) is 3.27. The molecule has 1 aromatic heterocycles. The van der Waals surface area contributed by atoms with E-state index in [1.54, 1.807) is 41.3 Å². The van der Waals surface area contributed by atoms with Gasteiger partial charge in [-0.3, -0.25) is 14.4 Å². The molecule has 1 atom stereocenters. The van der Waals surface area contributed by atoms with E-state index in [9.17, 15) is 19.2 Å². The van der Waals surface area contributed by atoms with Crippen molar-refractivity contribution in [1.29, 1.82) is 0 Å². The van der Waals surface area contributed by atoms with Gasteiger partial charge in [-0.05, 0) is 38.1 Å². The molecule has 3 aromatic carbocycles. The number of carbonyl (C=O) groups excluding carboxylic acids is 4. The number of nitrogens with one attached hydrogen (secondary N) is 3. The molecule has 5 rings (SSSR count). The van der Waals surface area contributed by atoms with Crippen molar-refractivity contribution < 1.29 is 23.9 Å². The molecular weight excluding hydrogens is 534 g/mol. The summed E-state index contributed by atoms with van der Waals surface area (Å²) in [4.78, 5) is 58.8. The van der Waals surface area contributed by atoms with Gasteiger partial charge in [-0.25, -0.2) is 4.79 Å². The van der Waals surface area contributed by atoms with Crippen molar-refractivity contribution >= 4 is 45.9 Å². The Balaban J connectivity index is 1.27. The third-order valence-corrected chi connectivity index (χ3v) is 7.33. The summed E-state index contributed by atoms with van der Waals surface area (Å²) in [5.74, 6) is -1.38. The first-order valence-electron chi connectivity index (χ1n) is 13.9. The van der Waals surface area contributed by atoms with Gasteiger partial charge >= 0.3 is 6.03 Å². The molecule has 1 saturated heterocycles. The Morgan fingerprint density at radius 1 is 0.905 bits per heavy atom. The Kier molecular flexibility index (Phi) is 8.63. The van der Waals surface area contributed by atoms with Gasteiger partial charge < -0.3 is 30.2 Å². The van der Waals surface area contributed by atoms with Gasteiger partial charge in [-0.1, -0.05) is 48.5 Å². The Bertz CT molecular complexity index is 1620. The van der Waals surface area contributed by atoms with Crippen LogP contribution in [0.1, 0.15) is 40.1 Å². The molecule has 0 saturated carbocycles. The van der Waals surface area contributed by atoms with Crippen LogP contribution in [0.15, 0.2) is 79.0 Å². The second-order valence-electron chi connectivity index (χ2n) is 10.1. The second kappa shape index (κ2) is 12.7. The summed E-state index contributed by atoms with van der Waals surface area (Å²) >= 11 is 0. The summed E-state index contributed by atoms with van der Waals surface area (Å²) < 4.78 is 5.49. The van der Waals surface area contributed by atoms with E-state index in [4.69, 9.17) is 4.74 Å². The SMILES string of the molecule is CCOCc1ccccc1NC(=O)Nc1cccc2c(C(=O)C(=O)N3CCN(C(=O)c4ccccc4)CC3C)c[nH]c12. The van der Waals surface area contributed by atoms with E-state index in [0.29, 0.717) is 54.1 Å². The number of nitrogens with zero attached hydrogens (tertiary/aromatic N) is 2. The fourth-order valence-corrected chi connectivity index (χ4v) is 5.16. The third kappa shape index (κ3) is 6.03. The number of hydrogen-bond donors (Lipinski definition) is 3. The fourth-order valence-electron chi connectivity index (χ4n) is 5.16. The average molecular weight is 568 g/mol. The van der Waals surface area contributed by atoms with Crippen LogP contribution in [0.4, 0.5) is 16.2 Å². The normalized spacial score (nSPS) is 15.0. The third-order valence-electron chi connectivity index (χ3n) is 7.33. The smallest absolute Gasteiger partial charge is 0.323 e. The number of H-pyrrole nitrogens is 1. The van der Waals surface area contributed by atoms with Crippen LogP contribution in [0.3, 0.4) is 0 Å². The first kappa shape index (κ1) is 28.6. The molecule has 0 spiro atoms. The molecule has 0 aliphatic carbocycles. The highest BCUT2D eigenvalue weighted by Gasteiger charge is 2.34. The minimum absolute atomic E-state index is 0.0978. The standard InChI is InChI=1S/C32H33N5O5/c1-3-42-20-23-12-7-8-14-26(23)34-32(41)35-27-15-9-13-24-25(18-33-28(24)27)29(38)31(40)37-17-16-36(19-21(37)2)30(39)22-10-5-4-6-11-22/h4-15,18,21,33H,3,16-17,19-20H2,1-2H3,(H2,34,35,41). The molecule has 1 unspecified atom stereocenters. The summed E-state index contributed by atoms with van der Waals surface area (Å²) in [6, 6.07) is 20.8. The molecule has 3 N–H and O–H groups in total. The summed E-state index contributed by atoms with van der Waals surface area (Å²) in [6.07, 6.45) is 1.49. The van der Waals surface area contributed by atoms with Gasteiger partial charge in [-0.2, -0.15) is 0 Å². The van der Waals surface area contributed by atoms with Crippen LogP contribution in [0.5, 0.6) is 0 Å². The van der Waals surface area contributed by atoms with Crippen LogP contribution >= 0.6 is 0 Å². The molecule has 0 radical (unpaired) electrons. The van der Waals surface area contributed by atoms with Gasteiger partial charge in [0.1, 0.15) is 0 Å². The predicted octanol–water partition coefficient (Wildman–Crippen LogP) is 4.90. The number of rotatable bonds is 8.